The number of hydrogen-bond acceptors (Lipinski definition) is 4. The van der Waals surface area contributed by atoms with E-state index in [4.69, 9.17) is 17.0 Å². The van der Waals surface area contributed by atoms with Crippen LogP contribution < -0.4 is 5.49 Å². The highest BCUT2D eigenvalue weighted by atomic mass is 35.5. The third kappa shape index (κ3) is 3.21. The van der Waals surface area contributed by atoms with Crippen LogP contribution in [0.1, 0.15) is 16.8 Å². The van der Waals surface area contributed by atoms with Crippen LogP contribution in [0.4, 0.5) is 4.39 Å². The molecule has 0 bridgehead atoms. The zero-order valence-corrected chi connectivity index (χ0v) is 16.8. The molecule has 0 unspecified atom stereocenters. The average molecular weight is 414 g/mol. The van der Waals surface area contributed by atoms with Crippen LogP contribution in [-0.4, -0.2) is 19.7 Å². The van der Waals surface area contributed by atoms with Gasteiger partial charge in [0.15, 0.2) is 10.8 Å². The van der Waals surface area contributed by atoms with Gasteiger partial charge < -0.3 is 0 Å². The summed E-state index contributed by atoms with van der Waals surface area (Å²) >= 11 is 7.68. The molecule has 4 rings (SSSR count). The number of thioether (sulfide) groups is 1. The quantitative estimate of drug-likeness (QED) is 0.368. The minimum absolute atomic E-state index is 0.261. The molecule has 0 saturated carbocycles. The van der Waals surface area contributed by atoms with Gasteiger partial charge in [0, 0.05) is 16.5 Å². The Morgan fingerprint density at radius 2 is 1.96 bits per heavy atom. The highest BCUT2D eigenvalue weighted by Gasteiger charge is 2.17. The Labute approximate surface area is 170 Å². The van der Waals surface area contributed by atoms with Crippen molar-refractivity contribution in [2.45, 2.75) is 24.8 Å². The fourth-order valence-corrected chi connectivity index (χ4v) is 4.20. The fourth-order valence-electron chi connectivity index (χ4n) is 3.05. The van der Waals surface area contributed by atoms with E-state index in [0.29, 0.717) is 32.5 Å². The topological polar surface area (TPSA) is 70.3 Å². The number of nitrogens with zero attached hydrogens (tertiary/aromatic N) is 3. The van der Waals surface area contributed by atoms with Crippen molar-refractivity contribution in [1.82, 2.24) is 19.7 Å². The molecule has 0 spiro atoms. The van der Waals surface area contributed by atoms with Crippen LogP contribution >= 0.6 is 23.4 Å². The smallest absolute Gasteiger partial charge is 0.187 e. The molecule has 5 nitrogen and oxygen atoms in total. The lowest BCUT2D eigenvalue weighted by Crippen LogP contribution is -2.23. The first-order chi connectivity index (χ1) is 13.5. The Balaban J connectivity index is 1.91. The van der Waals surface area contributed by atoms with Crippen molar-refractivity contribution in [3.63, 3.8) is 0 Å². The first-order valence-electron chi connectivity index (χ1n) is 8.61. The van der Waals surface area contributed by atoms with Gasteiger partial charge in [-0.2, -0.15) is 5.10 Å². The number of hydrogen-bond donors (Lipinski definition) is 2. The second-order valence-electron chi connectivity index (χ2n) is 6.39. The summed E-state index contributed by atoms with van der Waals surface area (Å²) in [5.41, 5.74) is 3.69. The number of nitrogens with one attached hydrogen (secondary N) is 2. The van der Waals surface area contributed by atoms with Gasteiger partial charge in [-0.3, -0.25) is 15.1 Å². The second kappa shape index (κ2) is 7.41. The number of aryl methyl sites for hydroxylation is 1. The van der Waals surface area contributed by atoms with Crippen molar-refractivity contribution in [3.05, 3.63) is 75.6 Å². The van der Waals surface area contributed by atoms with Crippen LogP contribution in [0.15, 0.2) is 47.6 Å². The largest absolute Gasteiger partial charge is 0.283 e. The number of aromatic nitrogens is 4. The van der Waals surface area contributed by atoms with Crippen LogP contribution in [0.25, 0.3) is 16.7 Å². The van der Waals surface area contributed by atoms with Gasteiger partial charge in [0.1, 0.15) is 11.3 Å². The Morgan fingerprint density at radius 3 is 2.75 bits per heavy atom. The normalized spacial score (nSPS) is 11.3. The van der Waals surface area contributed by atoms with Crippen molar-refractivity contribution in [3.8, 4) is 5.69 Å². The Morgan fingerprint density at radius 1 is 1.18 bits per heavy atom. The van der Waals surface area contributed by atoms with Gasteiger partial charge in [0.2, 0.25) is 0 Å². The zero-order valence-electron chi connectivity index (χ0n) is 15.3. The highest BCUT2D eigenvalue weighted by Crippen LogP contribution is 2.28. The highest BCUT2D eigenvalue weighted by molar-refractivity contribution is 7.98. The van der Waals surface area contributed by atoms with Crippen LogP contribution in [0.5, 0.6) is 0 Å². The van der Waals surface area contributed by atoms with Gasteiger partial charge in [0.05, 0.1) is 11.1 Å². The molecule has 0 amide bonds. The van der Waals surface area contributed by atoms with Crippen molar-refractivity contribution in [2.75, 3.05) is 0 Å². The van der Waals surface area contributed by atoms with E-state index in [0.717, 1.165) is 16.9 Å². The molecule has 2 N–H and O–H groups in total. The van der Waals surface area contributed by atoms with Crippen LogP contribution in [0.2, 0.25) is 5.02 Å². The predicted molar refractivity (Wildman–Crippen MR) is 110 cm³/mol. The molecule has 142 valence electrons. The summed E-state index contributed by atoms with van der Waals surface area (Å²) in [6, 6.07) is 12.2. The number of fused-ring (bicyclic) bond motifs is 1. The molecule has 0 atom stereocenters. The third-order valence-corrected chi connectivity index (χ3v) is 5.97. The van der Waals surface area contributed by atoms with Crippen molar-refractivity contribution < 1.29 is 4.39 Å². The molecule has 0 aliphatic heterocycles. The molecule has 0 fully saturated rings. The van der Waals surface area contributed by atoms with E-state index < -0.39 is 0 Å². The zero-order chi connectivity index (χ0) is 19.8. The molecule has 0 aliphatic carbocycles. The van der Waals surface area contributed by atoms with E-state index in [1.165, 1.54) is 17.8 Å². The Hall–Kier alpha value is -2.64. The number of H-pyrrole nitrogens is 1. The number of rotatable bonds is 4. The Kier molecular flexibility index (Phi) is 4.95. The Bertz CT molecular complexity index is 1250. The minimum Gasteiger partial charge on any atom is -0.283 e. The van der Waals surface area contributed by atoms with Crippen LogP contribution in [0.3, 0.4) is 0 Å². The number of aromatic amines is 1. The van der Waals surface area contributed by atoms with Gasteiger partial charge in [-0.1, -0.05) is 47.6 Å². The maximum atomic E-state index is 14.1. The van der Waals surface area contributed by atoms with Gasteiger partial charge in [-0.05, 0) is 43.2 Å². The maximum absolute atomic E-state index is 14.1. The van der Waals surface area contributed by atoms with E-state index in [9.17, 15) is 4.39 Å². The van der Waals surface area contributed by atoms with E-state index in [1.54, 1.807) is 22.8 Å². The van der Waals surface area contributed by atoms with Gasteiger partial charge in [0.25, 0.3) is 0 Å². The molecule has 0 aliphatic rings. The molecule has 0 radical (unpaired) electrons. The van der Waals surface area contributed by atoms with Crippen LogP contribution in [0, 0.1) is 25.1 Å². The fraction of sp³-hybridized carbons (Fsp3) is 0.150. The van der Waals surface area contributed by atoms with Crippen LogP contribution in [-0.2, 0) is 5.75 Å². The summed E-state index contributed by atoms with van der Waals surface area (Å²) in [7, 11) is 0. The molecule has 0 saturated heterocycles. The first kappa shape index (κ1) is 18.7. The summed E-state index contributed by atoms with van der Waals surface area (Å²) in [5.74, 6) is 0.122. The molecular formula is C20H17ClFN5S. The van der Waals surface area contributed by atoms with Crippen molar-refractivity contribution in [1.29, 1.82) is 5.41 Å². The second-order valence-corrected chi connectivity index (χ2v) is 7.74. The van der Waals surface area contributed by atoms with Gasteiger partial charge in [-0.15, -0.1) is 0 Å². The van der Waals surface area contributed by atoms with Crippen molar-refractivity contribution >= 4 is 34.4 Å². The summed E-state index contributed by atoms with van der Waals surface area (Å²) in [6.07, 6.45) is 0. The molecule has 2 aromatic carbocycles. The number of benzene rings is 2. The third-order valence-electron chi connectivity index (χ3n) is 4.58. The van der Waals surface area contributed by atoms with E-state index >= 15 is 0 Å². The summed E-state index contributed by atoms with van der Waals surface area (Å²) in [5, 5.41) is 17.7. The molecular weight excluding hydrogens is 397 g/mol. The minimum atomic E-state index is -0.261. The monoisotopic (exact) mass is 413 g/mol. The summed E-state index contributed by atoms with van der Waals surface area (Å²) in [4.78, 5) is 4.65. The van der Waals surface area contributed by atoms with Gasteiger partial charge >= 0.3 is 0 Å². The number of halogens is 2. The SMILES string of the molecule is Cc1c(Cl)cccc1-n1c(SCc2ccccc2F)nc2n[nH]c(C)c2c1=N. The molecule has 2 aromatic heterocycles. The average Bonchev–Trinajstić information content (AvgIpc) is 3.05. The first-order valence-corrected chi connectivity index (χ1v) is 9.97. The standard InChI is InChI=1S/C20H17ClFN5S/c1-11-14(21)7-5-9-16(11)27-18(23)17-12(2)25-26-19(17)24-20(27)28-10-13-6-3-4-8-15(13)22/h3-9,23H,10H2,1-2H3,(H,25,26). The molecule has 28 heavy (non-hydrogen) atoms. The lowest BCUT2D eigenvalue weighted by molar-refractivity contribution is 0.617. The lowest BCUT2D eigenvalue weighted by Gasteiger charge is -2.16. The van der Waals surface area contributed by atoms with Crippen molar-refractivity contribution in [2.24, 2.45) is 0 Å². The summed E-state index contributed by atoms with van der Waals surface area (Å²) < 4.78 is 15.8. The lowest BCUT2D eigenvalue weighted by atomic mass is 10.2. The predicted octanol–water partition coefficient (Wildman–Crippen LogP) is 4.93. The van der Waals surface area contributed by atoms with E-state index in [-0.39, 0.29) is 11.3 Å². The van der Waals surface area contributed by atoms with E-state index in [2.05, 4.69) is 15.2 Å². The summed E-state index contributed by atoms with van der Waals surface area (Å²) in [6.45, 7) is 3.76. The molecule has 2 heterocycles. The maximum Gasteiger partial charge on any atom is 0.187 e. The van der Waals surface area contributed by atoms with E-state index in [1.807, 2.05) is 32.0 Å². The molecule has 4 aromatic rings. The molecule has 8 heteroatoms. The van der Waals surface area contributed by atoms with Gasteiger partial charge in [-0.25, -0.2) is 9.37 Å².